The third-order valence-electron chi connectivity index (χ3n) is 4.93. The molecule has 0 saturated carbocycles. The Morgan fingerprint density at radius 3 is 2.03 bits per heavy atom. The van der Waals surface area contributed by atoms with Crippen molar-refractivity contribution >= 4 is 42.2 Å². The number of carbonyl (C=O) groups excluding carboxylic acids is 4. The molecular formula is C19H36N6O6S. The van der Waals surface area contributed by atoms with Crippen molar-refractivity contribution in [1.82, 2.24) is 16.0 Å². The molecule has 0 radical (unpaired) electrons. The van der Waals surface area contributed by atoms with Crippen LogP contribution in [-0.2, 0) is 24.0 Å². The molecule has 0 fully saturated rings. The first-order valence-electron chi connectivity index (χ1n) is 10.5. The molecule has 0 saturated heterocycles. The number of nitrogens with two attached hydrogens (primary N) is 3. The fraction of sp³-hybridized carbons (Fsp3) is 0.737. The lowest BCUT2D eigenvalue weighted by molar-refractivity contribution is -0.143. The van der Waals surface area contributed by atoms with Gasteiger partial charge >= 0.3 is 5.97 Å². The third-order valence-corrected chi connectivity index (χ3v) is 5.30. The van der Waals surface area contributed by atoms with Crippen LogP contribution >= 0.6 is 12.6 Å². The number of carboxylic acid groups (broad SMARTS) is 1. The predicted octanol–water partition coefficient (Wildman–Crippen LogP) is -2.17. The van der Waals surface area contributed by atoms with Crippen LogP contribution in [0.2, 0.25) is 0 Å². The molecule has 0 aromatic rings. The Hall–Kier alpha value is -2.38. The monoisotopic (exact) mass is 476 g/mol. The van der Waals surface area contributed by atoms with E-state index in [1.807, 2.05) is 6.92 Å². The van der Waals surface area contributed by atoms with Crippen LogP contribution in [0.1, 0.15) is 46.0 Å². The molecule has 10 N–H and O–H groups in total. The number of thiol groups is 1. The van der Waals surface area contributed by atoms with E-state index in [-0.39, 0.29) is 11.7 Å². The summed E-state index contributed by atoms with van der Waals surface area (Å²) in [7, 11) is 0. The zero-order valence-electron chi connectivity index (χ0n) is 18.5. The molecule has 5 atom stereocenters. The smallest absolute Gasteiger partial charge is 0.326 e. The summed E-state index contributed by atoms with van der Waals surface area (Å²) in [6.45, 7) is 4.08. The number of unbranched alkanes of at least 4 members (excludes halogenated alkanes) is 1. The highest BCUT2D eigenvalue weighted by molar-refractivity contribution is 7.80. The maximum Gasteiger partial charge on any atom is 0.326 e. The third kappa shape index (κ3) is 10.8. The van der Waals surface area contributed by atoms with Crippen molar-refractivity contribution in [2.75, 3.05) is 12.3 Å². The van der Waals surface area contributed by atoms with Crippen molar-refractivity contribution in [2.45, 2.75) is 70.1 Å². The topological polar surface area (TPSA) is 220 Å². The van der Waals surface area contributed by atoms with Crippen LogP contribution in [0.3, 0.4) is 0 Å². The molecule has 0 aromatic heterocycles. The average molecular weight is 477 g/mol. The second kappa shape index (κ2) is 15.4. The minimum Gasteiger partial charge on any atom is -0.480 e. The van der Waals surface area contributed by atoms with Gasteiger partial charge < -0.3 is 38.3 Å². The molecule has 12 nitrogen and oxygen atoms in total. The molecule has 184 valence electrons. The van der Waals surface area contributed by atoms with Gasteiger partial charge in [0, 0.05) is 5.75 Å². The maximum atomic E-state index is 12.8. The van der Waals surface area contributed by atoms with Crippen LogP contribution < -0.4 is 33.2 Å². The first-order valence-corrected chi connectivity index (χ1v) is 11.1. The van der Waals surface area contributed by atoms with Gasteiger partial charge in [0.25, 0.3) is 0 Å². The molecule has 0 spiro atoms. The van der Waals surface area contributed by atoms with Gasteiger partial charge in [-0.2, -0.15) is 12.6 Å². The van der Waals surface area contributed by atoms with Gasteiger partial charge in [0.05, 0.1) is 12.5 Å². The lowest BCUT2D eigenvalue weighted by atomic mass is 9.97. The van der Waals surface area contributed by atoms with Gasteiger partial charge in [0.2, 0.25) is 23.6 Å². The molecule has 0 bridgehead atoms. The van der Waals surface area contributed by atoms with E-state index in [0.29, 0.717) is 25.8 Å². The fourth-order valence-electron chi connectivity index (χ4n) is 2.73. The number of primary amides is 1. The maximum absolute atomic E-state index is 12.8. The molecule has 0 aliphatic rings. The van der Waals surface area contributed by atoms with Gasteiger partial charge in [-0.1, -0.05) is 26.7 Å². The van der Waals surface area contributed by atoms with Gasteiger partial charge in [-0.3, -0.25) is 19.2 Å². The average Bonchev–Trinajstić information content (AvgIpc) is 2.73. The first kappa shape index (κ1) is 29.6. The van der Waals surface area contributed by atoms with Crippen LogP contribution in [0, 0.1) is 5.92 Å². The summed E-state index contributed by atoms with van der Waals surface area (Å²) in [4.78, 5) is 60.0. The van der Waals surface area contributed by atoms with E-state index in [4.69, 9.17) is 22.3 Å². The summed E-state index contributed by atoms with van der Waals surface area (Å²) in [5, 5.41) is 16.4. The highest BCUT2D eigenvalue weighted by atomic mass is 32.1. The zero-order chi connectivity index (χ0) is 24.8. The lowest BCUT2D eigenvalue weighted by Gasteiger charge is -2.27. The first-order chi connectivity index (χ1) is 15.0. The summed E-state index contributed by atoms with van der Waals surface area (Å²) in [6, 6.07) is -4.53. The largest absolute Gasteiger partial charge is 0.480 e. The number of nitrogens with one attached hydrogen (secondary N) is 3. The van der Waals surface area contributed by atoms with E-state index in [0.717, 1.165) is 6.42 Å². The molecule has 0 aromatic carbocycles. The second-order valence-electron chi connectivity index (χ2n) is 7.58. The van der Waals surface area contributed by atoms with Crippen molar-refractivity contribution in [3.05, 3.63) is 0 Å². The SMILES string of the molecule is CCC(C)C(NC(=O)C(N)CCCCN)C(=O)NC(CS)C(=O)NC(CC(N)=O)C(=O)O. The van der Waals surface area contributed by atoms with Crippen molar-refractivity contribution in [1.29, 1.82) is 0 Å². The van der Waals surface area contributed by atoms with Crippen LogP contribution in [0.25, 0.3) is 0 Å². The van der Waals surface area contributed by atoms with Crippen molar-refractivity contribution in [3.8, 4) is 0 Å². The van der Waals surface area contributed by atoms with Crippen molar-refractivity contribution in [3.63, 3.8) is 0 Å². The molecule has 0 heterocycles. The molecule has 5 unspecified atom stereocenters. The van der Waals surface area contributed by atoms with E-state index >= 15 is 0 Å². The van der Waals surface area contributed by atoms with Crippen LogP contribution in [0.4, 0.5) is 0 Å². The summed E-state index contributed by atoms with van der Waals surface area (Å²) < 4.78 is 0. The van der Waals surface area contributed by atoms with Gasteiger partial charge in [0.15, 0.2) is 0 Å². The van der Waals surface area contributed by atoms with Crippen LogP contribution in [0.15, 0.2) is 0 Å². The predicted molar refractivity (Wildman–Crippen MR) is 121 cm³/mol. The van der Waals surface area contributed by atoms with Crippen molar-refractivity contribution in [2.24, 2.45) is 23.1 Å². The molecule has 32 heavy (non-hydrogen) atoms. The Bertz CT molecular complexity index is 664. The van der Waals surface area contributed by atoms with Crippen LogP contribution in [-0.4, -0.2) is 71.2 Å². The number of carbonyl (C=O) groups is 5. The summed E-state index contributed by atoms with van der Waals surface area (Å²) in [5.41, 5.74) is 16.3. The number of hydrogen-bond donors (Lipinski definition) is 8. The second-order valence-corrected chi connectivity index (χ2v) is 7.94. The van der Waals surface area contributed by atoms with E-state index < -0.39 is 60.2 Å². The van der Waals surface area contributed by atoms with Gasteiger partial charge in [-0.25, -0.2) is 4.79 Å². The Morgan fingerprint density at radius 2 is 1.56 bits per heavy atom. The minimum absolute atomic E-state index is 0.153. The van der Waals surface area contributed by atoms with E-state index in [1.165, 1.54) is 0 Å². The Kier molecular flexibility index (Phi) is 14.3. The summed E-state index contributed by atoms with van der Waals surface area (Å²) in [6.07, 6.45) is 1.75. The number of hydrogen-bond acceptors (Lipinski definition) is 8. The molecule has 0 aliphatic carbocycles. The van der Waals surface area contributed by atoms with Crippen LogP contribution in [0.5, 0.6) is 0 Å². The molecular weight excluding hydrogens is 440 g/mol. The van der Waals surface area contributed by atoms with E-state index in [9.17, 15) is 24.0 Å². The number of aliphatic carboxylic acids is 1. The number of carboxylic acids is 1. The number of amides is 4. The summed E-state index contributed by atoms with van der Waals surface area (Å²) >= 11 is 4.03. The highest BCUT2D eigenvalue weighted by Gasteiger charge is 2.32. The molecule has 4 amide bonds. The Labute approximate surface area is 193 Å². The Morgan fingerprint density at radius 1 is 0.969 bits per heavy atom. The molecule has 0 rings (SSSR count). The quantitative estimate of drug-likeness (QED) is 0.0902. The van der Waals surface area contributed by atoms with Gasteiger partial charge in [-0.05, 0) is 25.3 Å². The molecule has 0 aliphatic heterocycles. The molecule has 13 heteroatoms. The summed E-state index contributed by atoms with van der Waals surface area (Å²) in [5.74, 6) is -4.78. The van der Waals surface area contributed by atoms with E-state index in [1.54, 1.807) is 6.92 Å². The number of rotatable bonds is 16. The lowest BCUT2D eigenvalue weighted by Crippen LogP contribution is -2.59. The zero-order valence-corrected chi connectivity index (χ0v) is 19.4. The highest BCUT2D eigenvalue weighted by Crippen LogP contribution is 2.10. The normalized spacial score (nSPS) is 15.5. The van der Waals surface area contributed by atoms with Gasteiger partial charge in [-0.15, -0.1) is 0 Å². The fourth-order valence-corrected chi connectivity index (χ4v) is 2.99. The Balaban J connectivity index is 5.23. The van der Waals surface area contributed by atoms with E-state index in [2.05, 4.69) is 28.6 Å². The standard InChI is InChI=1S/C19H36N6O6S/c1-3-10(2)15(25-16(27)11(21)6-4-5-7-20)18(29)24-13(9-32)17(28)23-12(19(30)31)8-14(22)26/h10-13,15,32H,3-9,20-21H2,1-2H3,(H2,22,26)(H,23,28)(H,24,29)(H,25,27)(H,30,31). The minimum atomic E-state index is -1.55. The van der Waals surface area contributed by atoms with Gasteiger partial charge in [0.1, 0.15) is 18.1 Å². The van der Waals surface area contributed by atoms with Crippen molar-refractivity contribution < 1.29 is 29.1 Å².